The number of hydrogen-bond acceptors (Lipinski definition) is 5. The van der Waals surface area contributed by atoms with Crippen molar-refractivity contribution >= 4 is 28.2 Å². The Bertz CT molecular complexity index is 834. The minimum absolute atomic E-state index is 0.188. The number of thiophene rings is 1. The summed E-state index contributed by atoms with van der Waals surface area (Å²) < 4.78 is 5.38. The van der Waals surface area contributed by atoms with Crippen molar-refractivity contribution in [1.29, 1.82) is 5.26 Å². The van der Waals surface area contributed by atoms with Crippen LogP contribution in [-0.2, 0) is 17.6 Å². The molecule has 0 bridgehead atoms. The lowest BCUT2D eigenvalue weighted by Crippen LogP contribution is -2.22. The van der Waals surface area contributed by atoms with Crippen molar-refractivity contribution in [3.63, 3.8) is 0 Å². The molecule has 3 rings (SSSR count). The first-order chi connectivity index (χ1) is 11.6. The van der Waals surface area contributed by atoms with Crippen LogP contribution in [0.5, 0.6) is 5.75 Å². The average molecular weight is 341 g/mol. The second kappa shape index (κ2) is 6.72. The molecule has 0 radical (unpaired) electrons. The number of aryl methyl sites for hydroxylation is 1. The van der Waals surface area contributed by atoms with E-state index >= 15 is 0 Å². The maximum atomic E-state index is 12.1. The zero-order valence-electron chi connectivity index (χ0n) is 12.8. The molecule has 3 N–H and O–H groups in total. The maximum absolute atomic E-state index is 12.1. The molecule has 0 spiro atoms. The molecule has 2 aromatic rings. The fourth-order valence-electron chi connectivity index (χ4n) is 2.69. The largest absolute Gasteiger partial charge is 0.484 e. The molecule has 122 valence electrons. The summed E-state index contributed by atoms with van der Waals surface area (Å²) in [5, 5.41) is 12.0. The quantitative estimate of drug-likeness (QED) is 0.870. The normalized spacial score (nSPS) is 12.3. The summed E-state index contributed by atoms with van der Waals surface area (Å²) in [6, 6.07) is 8.49. The van der Waals surface area contributed by atoms with Crippen molar-refractivity contribution in [2.75, 3.05) is 11.9 Å². The fourth-order valence-corrected chi connectivity index (χ4v) is 4.00. The molecular weight excluding hydrogens is 326 g/mol. The first-order valence-corrected chi connectivity index (χ1v) is 8.27. The van der Waals surface area contributed by atoms with Crippen molar-refractivity contribution in [3.05, 3.63) is 45.8 Å². The number of nitriles is 1. The van der Waals surface area contributed by atoms with Crippen molar-refractivity contribution in [1.82, 2.24) is 0 Å². The van der Waals surface area contributed by atoms with Crippen LogP contribution in [0, 0.1) is 11.3 Å². The molecule has 0 unspecified atom stereocenters. The van der Waals surface area contributed by atoms with Crippen molar-refractivity contribution in [3.8, 4) is 11.8 Å². The molecule has 1 aliphatic carbocycles. The standard InChI is InChI=1S/C17H15N3O3S/c18-8-10-4-6-11(7-5-10)23-9-14(21)20-17-15(16(19)22)12-2-1-3-13(12)24-17/h4-7H,1-3,9H2,(H2,19,22)(H,20,21). The first-order valence-electron chi connectivity index (χ1n) is 7.45. The highest BCUT2D eigenvalue weighted by Crippen LogP contribution is 2.38. The zero-order valence-corrected chi connectivity index (χ0v) is 13.6. The number of anilines is 1. The Kier molecular flexibility index (Phi) is 4.49. The second-order valence-corrected chi connectivity index (χ2v) is 6.50. The van der Waals surface area contributed by atoms with E-state index in [0.29, 0.717) is 21.9 Å². The van der Waals surface area contributed by atoms with Gasteiger partial charge in [-0.1, -0.05) is 0 Å². The Morgan fingerprint density at radius 1 is 1.29 bits per heavy atom. The van der Waals surface area contributed by atoms with E-state index in [9.17, 15) is 9.59 Å². The van der Waals surface area contributed by atoms with Crippen LogP contribution in [-0.4, -0.2) is 18.4 Å². The Hall–Kier alpha value is -2.85. The Labute approximate surface area is 142 Å². The van der Waals surface area contributed by atoms with Gasteiger partial charge in [0.05, 0.1) is 17.2 Å². The van der Waals surface area contributed by atoms with E-state index in [-0.39, 0.29) is 12.5 Å². The number of nitrogens with one attached hydrogen (secondary N) is 1. The van der Waals surface area contributed by atoms with E-state index in [0.717, 1.165) is 29.7 Å². The summed E-state index contributed by atoms with van der Waals surface area (Å²) in [4.78, 5) is 24.9. The smallest absolute Gasteiger partial charge is 0.262 e. The van der Waals surface area contributed by atoms with Crippen molar-refractivity contribution < 1.29 is 14.3 Å². The highest BCUT2D eigenvalue weighted by molar-refractivity contribution is 7.17. The number of rotatable bonds is 5. The first kappa shape index (κ1) is 16.0. The monoisotopic (exact) mass is 341 g/mol. The van der Waals surface area contributed by atoms with Crippen LogP contribution in [0.3, 0.4) is 0 Å². The molecule has 1 aliphatic rings. The van der Waals surface area contributed by atoms with Gasteiger partial charge in [-0.25, -0.2) is 0 Å². The summed E-state index contributed by atoms with van der Waals surface area (Å²) in [7, 11) is 0. The van der Waals surface area contributed by atoms with Crippen LogP contribution in [0.1, 0.15) is 32.8 Å². The molecule has 2 amide bonds. The average Bonchev–Trinajstić information content (AvgIpc) is 3.13. The number of fused-ring (bicyclic) bond motifs is 1. The summed E-state index contributed by atoms with van der Waals surface area (Å²) in [5.41, 5.74) is 7.38. The van der Waals surface area contributed by atoms with Crippen LogP contribution in [0.2, 0.25) is 0 Å². The van der Waals surface area contributed by atoms with Gasteiger partial charge < -0.3 is 15.8 Å². The molecule has 0 atom stereocenters. The molecular formula is C17H15N3O3S. The molecule has 0 aliphatic heterocycles. The predicted octanol–water partition coefficient (Wildman–Crippen LogP) is 2.22. The lowest BCUT2D eigenvalue weighted by atomic mass is 10.1. The maximum Gasteiger partial charge on any atom is 0.262 e. The van der Waals surface area contributed by atoms with Crippen LogP contribution in [0.15, 0.2) is 24.3 Å². The topological polar surface area (TPSA) is 105 Å². The number of nitrogens with zero attached hydrogens (tertiary/aromatic N) is 1. The van der Waals surface area contributed by atoms with Crippen LogP contribution in [0.4, 0.5) is 5.00 Å². The highest BCUT2D eigenvalue weighted by atomic mass is 32.1. The van der Waals surface area contributed by atoms with Crippen molar-refractivity contribution in [2.24, 2.45) is 5.73 Å². The zero-order chi connectivity index (χ0) is 17.1. The van der Waals surface area contributed by atoms with Gasteiger partial charge in [-0.2, -0.15) is 5.26 Å². The molecule has 1 heterocycles. The number of amides is 2. The Morgan fingerprint density at radius 3 is 2.71 bits per heavy atom. The molecule has 6 nitrogen and oxygen atoms in total. The van der Waals surface area contributed by atoms with Crippen LogP contribution in [0.25, 0.3) is 0 Å². The number of primary amides is 1. The minimum Gasteiger partial charge on any atom is -0.484 e. The lowest BCUT2D eigenvalue weighted by molar-refractivity contribution is -0.118. The van der Waals surface area contributed by atoms with Gasteiger partial charge in [0.1, 0.15) is 10.8 Å². The molecule has 0 saturated heterocycles. The lowest BCUT2D eigenvalue weighted by Gasteiger charge is -2.08. The van der Waals surface area contributed by atoms with E-state index < -0.39 is 5.91 Å². The number of carbonyl (C=O) groups excluding carboxylic acids is 2. The molecule has 0 fully saturated rings. The van der Waals surface area contributed by atoms with Gasteiger partial charge in [0.15, 0.2) is 6.61 Å². The van der Waals surface area contributed by atoms with Gasteiger partial charge in [-0.3, -0.25) is 9.59 Å². The van der Waals surface area contributed by atoms with Gasteiger partial charge in [-0.05, 0) is 49.1 Å². The van der Waals surface area contributed by atoms with Gasteiger partial charge in [0.25, 0.3) is 11.8 Å². The van der Waals surface area contributed by atoms with E-state index in [1.807, 2.05) is 6.07 Å². The Balaban J connectivity index is 1.65. The number of hydrogen-bond donors (Lipinski definition) is 2. The number of ether oxygens (including phenoxy) is 1. The third-order valence-electron chi connectivity index (χ3n) is 3.77. The van der Waals surface area contributed by atoms with E-state index in [1.54, 1.807) is 24.3 Å². The van der Waals surface area contributed by atoms with E-state index in [4.69, 9.17) is 15.7 Å². The summed E-state index contributed by atoms with van der Waals surface area (Å²) in [6.45, 7) is -0.188. The molecule has 1 aromatic heterocycles. The number of nitrogens with two attached hydrogens (primary N) is 1. The highest BCUT2D eigenvalue weighted by Gasteiger charge is 2.26. The minimum atomic E-state index is -0.516. The fraction of sp³-hybridized carbons (Fsp3) is 0.235. The number of carbonyl (C=O) groups is 2. The van der Waals surface area contributed by atoms with E-state index in [1.165, 1.54) is 11.3 Å². The van der Waals surface area contributed by atoms with Crippen LogP contribution < -0.4 is 15.8 Å². The van der Waals surface area contributed by atoms with Gasteiger partial charge in [0.2, 0.25) is 0 Å². The summed E-state index contributed by atoms with van der Waals surface area (Å²) in [5.74, 6) is -0.382. The Morgan fingerprint density at radius 2 is 2.04 bits per heavy atom. The third kappa shape index (κ3) is 3.24. The summed E-state index contributed by atoms with van der Waals surface area (Å²) >= 11 is 1.41. The predicted molar refractivity (Wildman–Crippen MR) is 90.1 cm³/mol. The number of benzene rings is 1. The van der Waals surface area contributed by atoms with E-state index in [2.05, 4.69) is 5.32 Å². The molecule has 24 heavy (non-hydrogen) atoms. The molecule has 0 saturated carbocycles. The molecule has 7 heteroatoms. The summed E-state index contributed by atoms with van der Waals surface area (Å²) in [6.07, 6.45) is 2.75. The van der Waals surface area contributed by atoms with Gasteiger partial charge in [-0.15, -0.1) is 11.3 Å². The van der Waals surface area contributed by atoms with Crippen molar-refractivity contribution in [2.45, 2.75) is 19.3 Å². The van der Waals surface area contributed by atoms with Gasteiger partial charge >= 0.3 is 0 Å². The van der Waals surface area contributed by atoms with Crippen LogP contribution >= 0.6 is 11.3 Å². The molecule has 1 aromatic carbocycles. The third-order valence-corrected chi connectivity index (χ3v) is 4.98. The SMILES string of the molecule is N#Cc1ccc(OCC(=O)Nc2sc3c(c2C(N)=O)CCC3)cc1. The second-order valence-electron chi connectivity index (χ2n) is 5.40. The van der Waals surface area contributed by atoms with Gasteiger partial charge in [0, 0.05) is 4.88 Å².